The quantitative estimate of drug-likeness (QED) is 0.813. The van der Waals surface area contributed by atoms with Crippen molar-refractivity contribution in [1.29, 1.82) is 0 Å². The van der Waals surface area contributed by atoms with E-state index in [1.54, 1.807) is 0 Å². The molecule has 2 fully saturated rings. The molecule has 1 saturated heterocycles. The minimum atomic E-state index is 0.461. The fraction of sp³-hybridized carbons (Fsp3) is 1.00. The zero-order chi connectivity index (χ0) is 15.5. The zero-order valence-corrected chi connectivity index (χ0v) is 15.1. The molecular weight excluding hydrogens is 256 g/mol. The average molecular weight is 295 g/mol. The van der Waals surface area contributed by atoms with Gasteiger partial charge in [-0.3, -0.25) is 0 Å². The number of rotatable bonds is 5. The second-order valence-electron chi connectivity index (χ2n) is 8.43. The van der Waals surface area contributed by atoms with Gasteiger partial charge in [0.15, 0.2) is 0 Å². The topological polar surface area (TPSA) is 15.3 Å². The van der Waals surface area contributed by atoms with Crippen LogP contribution >= 0.6 is 0 Å². The van der Waals surface area contributed by atoms with E-state index in [4.69, 9.17) is 0 Å². The van der Waals surface area contributed by atoms with E-state index in [-0.39, 0.29) is 0 Å². The maximum atomic E-state index is 3.90. The molecule has 2 heteroatoms. The maximum Gasteiger partial charge on any atom is 0.0159 e. The van der Waals surface area contributed by atoms with Crippen LogP contribution in [0.3, 0.4) is 0 Å². The summed E-state index contributed by atoms with van der Waals surface area (Å²) >= 11 is 0. The third-order valence-electron chi connectivity index (χ3n) is 6.30. The number of hydrogen-bond donors (Lipinski definition) is 1. The van der Waals surface area contributed by atoms with Crippen molar-refractivity contribution in [2.45, 2.75) is 85.2 Å². The van der Waals surface area contributed by atoms with E-state index in [1.807, 2.05) is 0 Å². The van der Waals surface area contributed by atoms with Crippen LogP contribution in [0.5, 0.6) is 0 Å². The molecule has 0 amide bonds. The minimum Gasteiger partial charge on any atom is -0.313 e. The van der Waals surface area contributed by atoms with Gasteiger partial charge in [-0.2, -0.15) is 0 Å². The van der Waals surface area contributed by atoms with Crippen LogP contribution in [0.25, 0.3) is 0 Å². The lowest BCUT2D eigenvalue weighted by Crippen LogP contribution is -2.55. The van der Waals surface area contributed by atoms with Gasteiger partial charge in [0.1, 0.15) is 0 Å². The first-order valence-electron chi connectivity index (χ1n) is 9.43. The minimum absolute atomic E-state index is 0.461. The monoisotopic (exact) mass is 294 g/mol. The molecule has 0 spiro atoms. The maximum absolute atomic E-state index is 3.90. The van der Waals surface area contributed by atoms with Crippen molar-refractivity contribution in [1.82, 2.24) is 10.2 Å². The van der Waals surface area contributed by atoms with Crippen LogP contribution in [-0.4, -0.2) is 36.6 Å². The van der Waals surface area contributed by atoms with Crippen LogP contribution in [0, 0.1) is 17.3 Å². The first-order chi connectivity index (χ1) is 9.95. The van der Waals surface area contributed by atoms with Gasteiger partial charge in [-0.15, -0.1) is 0 Å². The van der Waals surface area contributed by atoms with Crippen molar-refractivity contribution >= 4 is 0 Å². The number of hydrogen-bond acceptors (Lipinski definition) is 2. The Kier molecular flexibility index (Phi) is 6.14. The molecule has 2 rings (SSSR count). The number of likely N-dealkylation sites (tertiary alicyclic amines) is 1. The standard InChI is InChI=1S/C19H38N2/c1-6-12-20-18-17(10-7-11-19(18,4)5)14-21-13-8-9-15(2)16(21)3/h15-18,20H,6-14H2,1-5H3. The number of nitrogens with one attached hydrogen (secondary N) is 1. The molecule has 0 bridgehead atoms. The SMILES string of the molecule is CCCNC1C(CN2CCCC(C)C2C)CCCC1(C)C. The van der Waals surface area contributed by atoms with Gasteiger partial charge in [0.05, 0.1) is 0 Å². The normalized spacial score (nSPS) is 37.6. The zero-order valence-electron chi connectivity index (χ0n) is 15.1. The van der Waals surface area contributed by atoms with Gasteiger partial charge in [0, 0.05) is 18.6 Å². The third-order valence-corrected chi connectivity index (χ3v) is 6.30. The fourth-order valence-corrected chi connectivity index (χ4v) is 4.70. The number of piperidine rings is 1. The molecule has 21 heavy (non-hydrogen) atoms. The van der Waals surface area contributed by atoms with Crippen molar-refractivity contribution in [3.8, 4) is 0 Å². The van der Waals surface area contributed by atoms with Gasteiger partial charge >= 0.3 is 0 Å². The van der Waals surface area contributed by atoms with Gasteiger partial charge in [0.2, 0.25) is 0 Å². The smallest absolute Gasteiger partial charge is 0.0159 e. The molecule has 124 valence electrons. The molecule has 4 unspecified atom stereocenters. The highest BCUT2D eigenvalue weighted by atomic mass is 15.2. The summed E-state index contributed by atoms with van der Waals surface area (Å²) in [5.41, 5.74) is 0.461. The van der Waals surface area contributed by atoms with Gasteiger partial charge in [0.25, 0.3) is 0 Å². The van der Waals surface area contributed by atoms with E-state index in [0.29, 0.717) is 11.5 Å². The van der Waals surface area contributed by atoms with Crippen LogP contribution in [0.1, 0.15) is 73.1 Å². The van der Waals surface area contributed by atoms with Crippen LogP contribution in [0.2, 0.25) is 0 Å². The molecule has 1 aliphatic carbocycles. The van der Waals surface area contributed by atoms with E-state index in [9.17, 15) is 0 Å². The highest BCUT2D eigenvalue weighted by Gasteiger charge is 2.40. The summed E-state index contributed by atoms with van der Waals surface area (Å²) < 4.78 is 0. The van der Waals surface area contributed by atoms with Crippen LogP contribution in [0.15, 0.2) is 0 Å². The van der Waals surface area contributed by atoms with Gasteiger partial charge in [-0.25, -0.2) is 0 Å². The van der Waals surface area contributed by atoms with E-state index < -0.39 is 0 Å². The number of nitrogens with zero attached hydrogens (tertiary/aromatic N) is 1. The molecule has 0 aromatic heterocycles. The Hall–Kier alpha value is -0.0800. The Morgan fingerprint density at radius 2 is 1.90 bits per heavy atom. The predicted molar refractivity (Wildman–Crippen MR) is 92.6 cm³/mol. The van der Waals surface area contributed by atoms with E-state index in [1.165, 1.54) is 58.2 Å². The molecule has 0 aromatic carbocycles. The lowest BCUT2D eigenvalue weighted by molar-refractivity contribution is 0.0412. The molecule has 0 radical (unpaired) electrons. The summed E-state index contributed by atoms with van der Waals surface area (Å²) in [5.74, 6) is 1.71. The summed E-state index contributed by atoms with van der Waals surface area (Å²) in [6, 6.07) is 1.48. The Morgan fingerprint density at radius 3 is 2.62 bits per heavy atom. The largest absolute Gasteiger partial charge is 0.313 e. The van der Waals surface area contributed by atoms with Crippen molar-refractivity contribution in [2.75, 3.05) is 19.6 Å². The van der Waals surface area contributed by atoms with E-state index >= 15 is 0 Å². The van der Waals surface area contributed by atoms with Crippen molar-refractivity contribution < 1.29 is 0 Å². The molecule has 2 aliphatic rings. The summed E-state index contributed by atoms with van der Waals surface area (Å²) in [7, 11) is 0. The summed E-state index contributed by atoms with van der Waals surface area (Å²) in [6.45, 7) is 16.0. The molecule has 0 aromatic rings. The predicted octanol–water partition coefficient (Wildman–Crippen LogP) is 4.30. The van der Waals surface area contributed by atoms with Gasteiger partial charge < -0.3 is 10.2 Å². The highest BCUT2D eigenvalue weighted by Crippen LogP contribution is 2.40. The third kappa shape index (κ3) is 4.22. The van der Waals surface area contributed by atoms with Gasteiger partial charge in [-0.1, -0.05) is 34.1 Å². The molecule has 4 atom stereocenters. The first-order valence-corrected chi connectivity index (χ1v) is 9.43. The van der Waals surface area contributed by atoms with Crippen LogP contribution in [0.4, 0.5) is 0 Å². The molecule has 1 N–H and O–H groups in total. The Bertz CT molecular complexity index is 313. The Labute approximate surface area is 133 Å². The van der Waals surface area contributed by atoms with Crippen molar-refractivity contribution in [3.05, 3.63) is 0 Å². The Balaban J connectivity index is 2.01. The molecular formula is C19H38N2. The van der Waals surface area contributed by atoms with E-state index in [2.05, 4.69) is 44.8 Å². The summed E-state index contributed by atoms with van der Waals surface area (Å²) in [4.78, 5) is 2.79. The van der Waals surface area contributed by atoms with Crippen LogP contribution < -0.4 is 5.32 Å². The first kappa shape index (κ1) is 17.3. The van der Waals surface area contributed by atoms with Crippen molar-refractivity contribution in [2.24, 2.45) is 17.3 Å². The average Bonchev–Trinajstić information content (AvgIpc) is 2.42. The van der Waals surface area contributed by atoms with Crippen molar-refractivity contribution in [3.63, 3.8) is 0 Å². The van der Waals surface area contributed by atoms with E-state index in [0.717, 1.165) is 17.9 Å². The lowest BCUT2D eigenvalue weighted by Gasteiger charge is -2.48. The molecule has 1 heterocycles. The molecule has 1 saturated carbocycles. The molecule has 1 aliphatic heterocycles. The lowest BCUT2D eigenvalue weighted by atomic mass is 9.67. The molecule has 2 nitrogen and oxygen atoms in total. The summed E-state index contributed by atoms with van der Waals surface area (Å²) in [5, 5.41) is 3.90. The highest BCUT2D eigenvalue weighted by molar-refractivity contribution is 4.95. The Morgan fingerprint density at radius 1 is 1.14 bits per heavy atom. The second kappa shape index (κ2) is 7.46. The van der Waals surface area contributed by atoms with Gasteiger partial charge in [-0.05, 0) is 69.4 Å². The van der Waals surface area contributed by atoms with Crippen LogP contribution in [-0.2, 0) is 0 Å². The second-order valence-corrected chi connectivity index (χ2v) is 8.43. The fourth-order valence-electron chi connectivity index (χ4n) is 4.70. The summed E-state index contributed by atoms with van der Waals surface area (Å²) in [6.07, 6.45) is 8.29.